The largest absolute Gasteiger partial charge is 0.334 e. The number of carbonyl (C=O) groups is 2. The zero-order valence-corrected chi connectivity index (χ0v) is 20.4. The van der Waals surface area contributed by atoms with E-state index >= 15 is 0 Å². The number of benzene rings is 1. The first-order chi connectivity index (χ1) is 16.3. The van der Waals surface area contributed by atoms with E-state index in [1.807, 2.05) is 21.9 Å². The topological polar surface area (TPSA) is 65.5 Å². The molecule has 0 atom stereocenters. The molecule has 6 nitrogen and oxygen atoms in total. The van der Waals surface area contributed by atoms with Crippen molar-refractivity contribution in [2.24, 2.45) is 5.41 Å². The van der Waals surface area contributed by atoms with Crippen LogP contribution in [0, 0.1) is 5.41 Å². The van der Waals surface area contributed by atoms with E-state index in [1.165, 1.54) is 11.1 Å². The molecule has 0 unspecified atom stereocenters. The molecule has 2 aromatic rings. The molecule has 34 heavy (non-hydrogen) atoms. The number of fused-ring (bicyclic) bond motifs is 2. The average Bonchev–Trinajstić information content (AvgIpc) is 2.82. The number of nitrogens with zero attached hydrogens (tertiary/aromatic N) is 3. The Labute approximate surface area is 202 Å². The summed E-state index contributed by atoms with van der Waals surface area (Å²) in [6, 6.07) is 10.5. The quantitative estimate of drug-likeness (QED) is 0.697. The molecule has 2 amide bonds. The first-order valence-electron chi connectivity index (χ1n) is 12.3. The van der Waals surface area contributed by atoms with Crippen molar-refractivity contribution in [3.63, 3.8) is 0 Å². The lowest BCUT2D eigenvalue weighted by molar-refractivity contribution is -0.131. The summed E-state index contributed by atoms with van der Waals surface area (Å²) in [6.07, 6.45) is 8.58. The predicted octanol–water partition coefficient (Wildman–Crippen LogP) is 3.74. The third-order valence-electron chi connectivity index (χ3n) is 7.45. The molecule has 1 saturated heterocycles. The summed E-state index contributed by atoms with van der Waals surface area (Å²) >= 11 is 0. The maximum absolute atomic E-state index is 13.7. The monoisotopic (exact) mass is 458 g/mol. The number of anilines is 1. The number of aromatic nitrogens is 1. The summed E-state index contributed by atoms with van der Waals surface area (Å²) in [7, 11) is 0. The summed E-state index contributed by atoms with van der Waals surface area (Å²) in [5, 5.41) is 3.40. The highest BCUT2D eigenvalue weighted by Crippen LogP contribution is 2.45. The molecule has 0 bridgehead atoms. The van der Waals surface area contributed by atoms with Crippen molar-refractivity contribution in [1.29, 1.82) is 0 Å². The lowest BCUT2D eigenvalue weighted by atomic mass is 9.70. The zero-order chi connectivity index (χ0) is 23.9. The number of hydrogen-bond donors (Lipinski definition) is 1. The number of rotatable bonds is 2. The van der Waals surface area contributed by atoms with Crippen molar-refractivity contribution in [3.8, 4) is 0 Å². The predicted molar refractivity (Wildman–Crippen MR) is 134 cm³/mol. The molecule has 5 rings (SSSR count). The zero-order valence-electron chi connectivity index (χ0n) is 20.4. The first kappa shape index (κ1) is 22.8. The van der Waals surface area contributed by atoms with Gasteiger partial charge in [0.15, 0.2) is 0 Å². The second-order valence-electron chi connectivity index (χ2n) is 10.9. The molecule has 1 N–H and O–H groups in total. The van der Waals surface area contributed by atoms with Crippen LogP contribution in [0.5, 0.6) is 0 Å². The van der Waals surface area contributed by atoms with Crippen molar-refractivity contribution in [1.82, 2.24) is 15.2 Å². The average molecular weight is 459 g/mol. The Hall–Kier alpha value is -2.99. The third-order valence-corrected chi connectivity index (χ3v) is 7.45. The van der Waals surface area contributed by atoms with Crippen molar-refractivity contribution < 1.29 is 9.59 Å². The molecular formula is C28H34N4O2. The second kappa shape index (κ2) is 8.66. The minimum Gasteiger partial charge on any atom is -0.334 e. The normalized spacial score (nSPS) is 19.9. The van der Waals surface area contributed by atoms with Crippen molar-refractivity contribution in [3.05, 3.63) is 64.9 Å². The van der Waals surface area contributed by atoms with Gasteiger partial charge in [-0.15, -0.1) is 0 Å². The van der Waals surface area contributed by atoms with E-state index in [4.69, 9.17) is 4.98 Å². The molecule has 3 aliphatic rings. The molecule has 3 aliphatic heterocycles. The van der Waals surface area contributed by atoms with Gasteiger partial charge in [-0.25, -0.2) is 4.98 Å². The molecule has 178 valence electrons. The van der Waals surface area contributed by atoms with Gasteiger partial charge in [0, 0.05) is 30.9 Å². The fourth-order valence-corrected chi connectivity index (χ4v) is 5.59. The summed E-state index contributed by atoms with van der Waals surface area (Å²) in [6.45, 7) is 9.32. The van der Waals surface area contributed by atoms with Gasteiger partial charge in [0.25, 0.3) is 0 Å². The molecule has 4 heterocycles. The minimum absolute atomic E-state index is 0.0218. The Morgan fingerprint density at radius 3 is 2.59 bits per heavy atom. The van der Waals surface area contributed by atoms with E-state index < -0.39 is 0 Å². The molecule has 1 aromatic carbocycles. The molecule has 1 fully saturated rings. The number of nitrogens with one attached hydrogen (secondary N) is 1. The molecule has 0 saturated carbocycles. The van der Waals surface area contributed by atoms with Crippen LogP contribution in [0.15, 0.2) is 42.6 Å². The smallest absolute Gasteiger partial charge is 0.246 e. The Balaban J connectivity index is 1.39. The van der Waals surface area contributed by atoms with Gasteiger partial charge < -0.3 is 10.2 Å². The maximum atomic E-state index is 13.7. The van der Waals surface area contributed by atoms with E-state index in [2.05, 4.69) is 50.4 Å². The molecular weight excluding hydrogens is 424 g/mol. The van der Waals surface area contributed by atoms with Crippen LogP contribution in [-0.2, 0) is 29.0 Å². The molecule has 0 aliphatic carbocycles. The summed E-state index contributed by atoms with van der Waals surface area (Å²) < 4.78 is 0. The SMILES string of the molecule is CC(C)(C)N1C(=O)C2(CCNCC2)Cc2cc(/C=C/C(=O)N3CCc4ccccc4C3)cnc21. The van der Waals surface area contributed by atoms with Gasteiger partial charge in [0.05, 0.1) is 5.41 Å². The minimum atomic E-state index is -0.368. The number of amides is 2. The van der Waals surface area contributed by atoms with Gasteiger partial charge in [-0.05, 0) is 93.9 Å². The first-order valence-corrected chi connectivity index (χ1v) is 12.3. The molecule has 1 aromatic heterocycles. The fraction of sp³-hybridized carbons (Fsp3) is 0.464. The molecule has 1 spiro atoms. The summed E-state index contributed by atoms with van der Waals surface area (Å²) in [5.41, 5.74) is 3.83. The Morgan fingerprint density at radius 1 is 1.12 bits per heavy atom. The van der Waals surface area contributed by atoms with Crippen LogP contribution in [-0.4, -0.2) is 46.9 Å². The number of carbonyl (C=O) groups excluding carboxylic acids is 2. The van der Waals surface area contributed by atoms with E-state index in [1.54, 1.807) is 12.3 Å². The van der Waals surface area contributed by atoms with Crippen LogP contribution in [0.4, 0.5) is 5.82 Å². The van der Waals surface area contributed by atoms with Crippen LogP contribution < -0.4 is 10.2 Å². The number of piperidine rings is 1. The van der Waals surface area contributed by atoms with Gasteiger partial charge in [0.1, 0.15) is 5.82 Å². The van der Waals surface area contributed by atoms with E-state index in [9.17, 15) is 9.59 Å². The van der Waals surface area contributed by atoms with Gasteiger partial charge in [-0.1, -0.05) is 24.3 Å². The highest BCUT2D eigenvalue weighted by atomic mass is 16.2. The van der Waals surface area contributed by atoms with E-state index in [0.29, 0.717) is 13.0 Å². The highest BCUT2D eigenvalue weighted by Gasteiger charge is 2.49. The van der Waals surface area contributed by atoms with Crippen molar-refractivity contribution in [2.75, 3.05) is 24.5 Å². The lowest BCUT2D eigenvalue weighted by Crippen LogP contribution is -2.59. The summed E-state index contributed by atoms with van der Waals surface area (Å²) in [4.78, 5) is 35.1. The standard InChI is InChI=1S/C28H34N4O2/c1-27(2,3)32-25-23(17-28(26(32)34)11-13-29-14-12-28)16-20(18-30-25)8-9-24(33)31-15-10-21-6-4-5-7-22(21)19-31/h4-9,16,18,29H,10-15,17,19H2,1-3H3/b9-8+. The van der Waals surface area contributed by atoms with E-state index in [0.717, 1.165) is 55.8 Å². The fourth-order valence-electron chi connectivity index (χ4n) is 5.59. The van der Waals surface area contributed by atoms with Crippen LogP contribution in [0.1, 0.15) is 55.9 Å². The van der Waals surface area contributed by atoms with E-state index in [-0.39, 0.29) is 22.8 Å². The second-order valence-corrected chi connectivity index (χ2v) is 10.9. The van der Waals surface area contributed by atoms with Crippen LogP contribution in [0.2, 0.25) is 0 Å². The van der Waals surface area contributed by atoms with Gasteiger partial charge in [-0.3, -0.25) is 14.5 Å². The highest BCUT2D eigenvalue weighted by molar-refractivity contribution is 6.01. The maximum Gasteiger partial charge on any atom is 0.246 e. The van der Waals surface area contributed by atoms with Crippen LogP contribution in [0.25, 0.3) is 6.08 Å². The summed E-state index contributed by atoms with van der Waals surface area (Å²) in [5.74, 6) is 0.983. The third kappa shape index (κ3) is 4.16. The Bertz CT molecular complexity index is 1140. The number of hydrogen-bond acceptors (Lipinski definition) is 4. The van der Waals surface area contributed by atoms with Gasteiger partial charge in [0.2, 0.25) is 11.8 Å². The van der Waals surface area contributed by atoms with Crippen LogP contribution in [0.3, 0.4) is 0 Å². The van der Waals surface area contributed by atoms with Crippen LogP contribution >= 0.6 is 0 Å². The Morgan fingerprint density at radius 2 is 1.85 bits per heavy atom. The number of pyridine rings is 1. The van der Waals surface area contributed by atoms with Gasteiger partial charge in [-0.2, -0.15) is 0 Å². The lowest BCUT2D eigenvalue weighted by Gasteiger charge is -2.48. The van der Waals surface area contributed by atoms with Crippen molar-refractivity contribution >= 4 is 23.7 Å². The van der Waals surface area contributed by atoms with Crippen molar-refractivity contribution in [2.45, 2.75) is 58.5 Å². The molecule has 0 radical (unpaired) electrons. The van der Waals surface area contributed by atoms with Gasteiger partial charge >= 0.3 is 0 Å². The Kier molecular flexibility index (Phi) is 5.80. The molecule has 6 heteroatoms.